The molecule has 5 nitrogen and oxygen atoms in total. The topological polar surface area (TPSA) is 40.5 Å². The molecule has 1 aliphatic rings. The first kappa shape index (κ1) is 19.3. The molecule has 1 aromatic carbocycles. The maximum absolute atomic E-state index is 12.3. The molecule has 1 N–H and O–H groups in total. The number of halogens is 1. The zero-order chi connectivity index (χ0) is 16.8. The molecule has 6 heteroatoms. The average molecular weight is 363 g/mol. The van der Waals surface area contributed by atoms with Crippen molar-refractivity contribution in [2.45, 2.75) is 25.3 Å². The number of amides is 2. The van der Waals surface area contributed by atoms with Crippen LogP contribution in [0.15, 0.2) is 54.9 Å². The molecule has 136 valence electrons. The highest BCUT2D eigenvalue weighted by Crippen LogP contribution is 2.17. The van der Waals surface area contributed by atoms with E-state index in [1.165, 1.54) is 5.56 Å². The molecule has 1 aromatic heterocycles. The number of rotatable bonds is 5. The third kappa shape index (κ3) is 5.00. The van der Waals surface area contributed by atoms with E-state index >= 15 is 0 Å². The van der Waals surface area contributed by atoms with Gasteiger partial charge < -0.3 is 10.2 Å². The Labute approximate surface area is 156 Å². The molecule has 0 atom stereocenters. The number of piperidine rings is 1. The number of hydrogen-bond acceptors (Lipinski definition) is 2. The van der Waals surface area contributed by atoms with Gasteiger partial charge in [-0.2, -0.15) is 0 Å². The number of aromatic nitrogens is 1. The Morgan fingerprint density at radius 3 is 2.36 bits per heavy atom. The second-order valence-electron chi connectivity index (χ2n) is 6.27. The zero-order valence-electron chi connectivity index (χ0n) is 14.7. The van der Waals surface area contributed by atoms with Gasteiger partial charge in [-0.1, -0.05) is 30.3 Å². The van der Waals surface area contributed by atoms with Crippen molar-refractivity contribution < 1.29 is 4.79 Å². The van der Waals surface area contributed by atoms with Gasteiger partial charge in [0, 0.05) is 39.1 Å². The van der Waals surface area contributed by atoms with Crippen LogP contribution >= 0.6 is 12.4 Å². The van der Waals surface area contributed by atoms with Gasteiger partial charge in [-0.3, -0.25) is 4.68 Å². The summed E-state index contributed by atoms with van der Waals surface area (Å²) in [4.78, 5) is 14.8. The zero-order valence-corrected chi connectivity index (χ0v) is 15.5. The van der Waals surface area contributed by atoms with Crippen LogP contribution in [0.4, 0.5) is 4.79 Å². The van der Waals surface area contributed by atoms with Crippen LogP contribution in [0.5, 0.6) is 0 Å². The van der Waals surface area contributed by atoms with Crippen molar-refractivity contribution in [3.63, 3.8) is 0 Å². The molecule has 0 bridgehead atoms. The van der Waals surface area contributed by atoms with Crippen LogP contribution in [0.2, 0.25) is 0 Å². The number of carbonyl (C=O) groups excluding carboxylic acids is 1. The minimum atomic E-state index is -0.0473. The fourth-order valence-corrected chi connectivity index (χ4v) is 3.36. The van der Waals surface area contributed by atoms with Crippen LogP contribution in [0.25, 0.3) is 0 Å². The van der Waals surface area contributed by atoms with Crippen LogP contribution in [0.3, 0.4) is 0 Å². The second-order valence-corrected chi connectivity index (χ2v) is 6.27. The molecule has 0 spiro atoms. The van der Waals surface area contributed by atoms with Gasteiger partial charge in [0.15, 0.2) is 0 Å². The normalized spacial score (nSPS) is 15.4. The number of likely N-dealkylation sites (tertiary alicyclic amines) is 1. The molecule has 0 aliphatic carbocycles. The summed E-state index contributed by atoms with van der Waals surface area (Å²) in [5.74, 6) is 0. The summed E-state index contributed by atoms with van der Waals surface area (Å²) in [5, 5.41) is 4.60. The first-order valence-corrected chi connectivity index (χ1v) is 8.68. The lowest BCUT2D eigenvalue weighted by Crippen LogP contribution is -2.55. The molecular weight excluding hydrogens is 336 g/mol. The maximum Gasteiger partial charge on any atom is 0.336 e. The lowest BCUT2D eigenvalue weighted by atomic mass is 10.0. The van der Waals surface area contributed by atoms with E-state index < -0.39 is 0 Å². The van der Waals surface area contributed by atoms with Crippen molar-refractivity contribution >= 4 is 18.4 Å². The van der Waals surface area contributed by atoms with E-state index in [9.17, 15) is 4.79 Å². The Hall–Kier alpha value is -1.98. The van der Waals surface area contributed by atoms with Crippen molar-refractivity contribution in [2.75, 3.05) is 31.7 Å². The van der Waals surface area contributed by atoms with E-state index in [1.54, 1.807) is 7.05 Å². The van der Waals surface area contributed by atoms with E-state index in [-0.39, 0.29) is 24.5 Å². The maximum atomic E-state index is 12.3. The molecule has 1 saturated heterocycles. The van der Waals surface area contributed by atoms with Crippen molar-refractivity contribution in [3.05, 3.63) is 60.4 Å². The van der Waals surface area contributed by atoms with Crippen LogP contribution in [0.1, 0.15) is 18.4 Å². The van der Waals surface area contributed by atoms with Gasteiger partial charge in [0.05, 0.1) is 6.04 Å². The minimum absolute atomic E-state index is 0. The molecule has 2 amide bonds. The van der Waals surface area contributed by atoms with E-state index in [4.69, 9.17) is 0 Å². The Morgan fingerprint density at radius 1 is 1.12 bits per heavy atom. The van der Waals surface area contributed by atoms with Gasteiger partial charge in [0.25, 0.3) is 0 Å². The average Bonchev–Trinajstić information content (AvgIpc) is 3.16. The van der Waals surface area contributed by atoms with E-state index in [0.29, 0.717) is 0 Å². The lowest BCUT2D eigenvalue weighted by Gasteiger charge is -2.38. The van der Waals surface area contributed by atoms with Crippen molar-refractivity contribution in [1.29, 1.82) is 0 Å². The first-order chi connectivity index (χ1) is 11.8. The molecule has 2 heterocycles. The Morgan fingerprint density at radius 2 is 1.76 bits per heavy atom. The van der Waals surface area contributed by atoms with E-state index in [1.807, 2.05) is 34.2 Å². The van der Waals surface area contributed by atoms with Gasteiger partial charge in [-0.15, -0.1) is 12.4 Å². The lowest BCUT2D eigenvalue weighted by molar-refractivity contribution is 0.194. The summed E-state index contributed by atoms with van der Waals surface area (Å²) in [5.41, 5.74) is 1.39. The highest BCUT2D eigenvalue weighted by Gasteiger charge is 2.28. The first-order valence-electron chi connectivity index (χ1n) is 8.68. The number of nitrogens with one attached hydrogen (secondary N) is 1. The molecule has 2 aromatic rings. The second kappa shape index (κ2) is 9.49. The van der Waals surface area contributed by atoms with E-state index in [0.717, 1.165) is 38.9 Å². The molecule has 0 unspecified atom stereocenters. The number of benzene rings is 1. The minimum Gasteiger partial charge on any atom is -0.340 e. The molecule has 0 saturated carbocycles. The molecule has 1 fully saturated rings. The Balaban J connectivity index is 0.00000225. The van der Waals surface area contributed by atoms with Crippen LogP contribution in [-0.4, -0.2) is 48.3 Å². The molecule has 0 radical (unpaired) electrons. The highest BCUT2D eigenvalue weighted by atomic mass is 35.5. The Bertz CT molecular complexity index is 624. The highest BCUT2D eigenvalue weighted by molar-refractivity contribution is 5.85. The number of hydrogen-bond donors (Lipinski definition) is 1. The van der Waals surface area contributed by atoms with Gasteiger partial charge in [-0.05, 0) is 37.0 Å². The summed E-state index contributed by atoms with van der Waals surface area (Å²) in [6.45, 7) is 3.15. The van der Waals surface area contributed by atoms with Crippen molar-refractivity contribution in [1.82, 2.24) is 14.9 Å². The molecule has 25 heavy (non-hydrogen) atoms. The van der Waals surface area contributed by atoms with E-state index in [2.05, 4.69) is 40.5 Å². The van der Waals surface area contributed by atoms with Crippen LogP contribution in [-0.2, 0) is 6.42 Å². The molecule has 1 aliphatic heterocycles. The Kier molecular flexibility index (Phi) is 7.34. The predicted octanol–water partition coefficient (Wildman–Crippen LogP) is 2.89. The van der Waals surface area contributed by atoms with Crippen molar-refractivity contribution in [3.8, 4) is 0 Å². The van der Waals surface area contributed by atoms with Gasteiger partial charge >= 0.3 is 6.03 Å². The summed E-state index contributed by atoms with van der Waals surface area (Å²) in [6, 6.07) is 14.7. The fraction of sp³-hybridized carbons (Fsp3) is 0.421. The summed E-state index contributed by atoms with van der Waals surface area (Å²) < 4.78 is 1.89. The fourth-order valence-electron chi connectivity index (χ4n) is 3.36. The smallest absolute Gasteiger partial charge is 0.336 e. The number of urea groups is 1. The third-order valence-electron chi connectivity index (χ3n) is 4.72. The largest absolute Gasteiger partial charge is 0.340 e. The summed E-state index contributed by atoms with van der Waals surface area (Å²) >= 11 is 0. The quantitative estimate of drug-likeness (QED) is 0.888. The summed E-state index contributed by atoms with van der Waals surface area (Å²) in [7, 11) is 1.69. The van der Waals surface area contributed by atoms with Gasteiger partial charge in [-0.25, -0.2) is 9.80 Å². The standard InChI is InChI=1S/C19H26N4O.ClH/c1-20-19(24)23(22-12-5-6-13-22)18-10-15-21(16-11-18)14-9-17-7-3-2-4-8-17;/h2-8,12-13,18H,9-11,14-16H2,1H3,(H,20,24);1H. The van der Waals surface area contributed by atoms with Gasteiger partial charge in [0.2, 0.25) is 0 Å². The third-order valence-corrected chi connectivity index (χ3v) is 4.72. The SMILES string of the molecule is CNC(=O)N(C1CCN(CCc2ccccc2)CC1)n1cccc1.Cl. The van der Waals surface area contributed by atoms with Crippen LogP contribution in [0, 0.1) is 0 Å². The van der Waals surface area contributed by atoms with Gasteiger partial charge in [0.1, 0.15) is 0 Å². The molecular formula is C19H27ClN4O. The number of carbonyl (C=O) groups is 1. The number of nitrogens with zero attached hydrogens (tertiary/aromatic N) is 3. The van der Waals surface area contributed by atoms with Crippen LogP contribution < -0.4 is 10.3 Å². The monoisotopic (exact) mass is 362 g/mol. The predicted molar refractivity (Wildman–Crippen MR) is 104 cm³/mol. The summed E-state index contributed by atoms with van der Waals surface area (Å²) in [6.07, 6.45) is 6.94. The molecule has 3 rings (SSSR count). The van der Waals surface area contributed by atoms with Crippen molar-refractivity contribution in [2.24, 2.45) is 0 Å².